The Balaban J connectivity index is 1.85. The van der Waals surface area contributed by atoms with Crippen LogP contribution in [0.25, 0.3) is 0 Å². The molecule has 2 rings (SSSR count). The van der Waals surface area contributed by atoms with Gasteiger partial charge in [0.1, 0.15) is 0 Å². The quantitative estimate of drug-likeness (QED) is 0.780. The van der Waals surface area contributed by atoms with Crippen LogP contribution in [0.5, 0.6) is 0 Å². The summed E-state index contributed by atoms with van der Waals surface area (Å²) in [6, 6.07) is 10.7. The van der Waals surface area contributed by atoms with Crippen LogP contribution in [-0.2, 0) is 11.2 Å². The molecule has 0 N–H and O–H groups in total. The molecule has 1 aromatic rings. The Hall–Kier alpha value is -1.15. The second kappa shape index (κ2) is 7.44. The fourth-order valence-electron chi connectivity index (χ4n) is 3.05. The Bertz CT molecular complexity index is 382. The van der Waals surface area contributed by atoms with Gasteiger partial charge in [-0.25, -0.2) is 0 Å². The molecule has 1 aliphatic carbocycles. The Morgan fingerprint density at radius 3 is 2.47 bits per heavy atom. The summed E-state index contributed by atoms with van der Waals surface area (Å²) in [5.41, 5.74) is 1.13. The van der Waals surface area contributed by atoms with Crippen molar-refractivity contribution in [3.63, 3.8) is 0 Å². The summed E-state index contributed by atoms with van der Waals surface area (Å²) in [6.07, 6.45) is 7.14. The second-order valence-corrected chi connectivity index (χ2v) is 5.56. The number of ketones is 1. The zero-order valence-electron chi connectivity index (χ0n) is 12.0. The molecule has 0 amide bonds. The molecular weight excluding hydrogens is 234 g/mol. The van der Waals surface area contributed by atoms with Crippen LogP contribution in [-0.4, -0.2) is 29.8 Å². The molecule has 0 spiro atoms. The summed E-state index contributed by atoms with van der Waals surface area (Å²) in [5.74, 6) is 0.346. The van der Waals surface area contributed by atoms with E-state index >= 15 is 0 Å². The van der Waals surface area contributed by atoms with Gasteiger partial charge in [-0.3, -0.25) is 9.69 Å². The first kappa shape index (κ1) is 14.3. The van der Waals surface area contributed by atoms with E-state index in [9.17, 15) is 4.79 Å². The van der Waals surface area contributed by atoms with Crippen molar-refractivity contribution in [3.8, 4) is 0 Å². The van der Waals surface area contributed by atoms with Gasteiger partial charge >= 0.3 is 0 Å². The Labute approximate surface area is 116 Å². The van der Waals surface area contributed by atoms with Crippen molar-refractivity contribution < 1.29 is 4.79 Å². The lowest BCUT2D eigenvalue weighted by atomic mass is 9.94. The zero-order valence-corrected chi connectivity index (χ0v) is 12.0. The monoisotopic (exact) mass is 259 g/mol. The molecule has 0 heterocycles. The first-order chi connectivity index (χ1) is 9.29. The third-order valence-corrected chi connectivity index (χ3v) is 4.12. The first-order valence-corrected chi connectivity index (χ1v) is 7.59. The lowest BCUT2D eigenvalue weighted by molar-refractivity contribution is -0.120. The van der Waals surface area contributed by atoms with Crippen molar-refractivity contribution in [2.24, 2.45) is 0 Å². The number of hydrogen-bond acceptors (Lipinski definition) is 2. The topological polar surface area (TPSA) is 20.3 Å². The first-order valence-electron chi connectivity index (χ1n) is 7.59. The number of rotatable bonds is 6. The molecule has 19 heavy (non-hydrogen) atoms. The molecule has 0 atom stereocenters. The molecule has 0 aromatic heterocycles. The van der Waals surface area contributed by atoms with Crippen LogP contribution in [0.2, 0.25) is 0 Å². The SMILES string of the molecule is CCN(CC(=O)Cc1ccccc1)C1CCCCC1. The Morgan fingerprint density at radius 2 is 1.84 bits per heavy atom. The third kappa shape index (κ3) is 4.46. The number of likely N-dealkylation sites (N-methyl/N-ethyl adjacent to an activating group) is 1. The standard InChI is InChI=1S/C17H25NO/c1-2-18(16-11-7-4-8-12-16)14-17(19)13-15-9-5-3-6-10-15/h3,5-6,9-10,16H,2,4,7-8,11-14H2,1H3. The average Bonchev–Trinajstić information content (AvgIpc) is 2.47. The van der Waals surface area contributed by atoms with E-state index in [1.54, 1.807) is 0 Å². The molecule has 2 nitrogen and oxygen atoms in total. The van der Waals surface area contributed by atoms with E-state index in [1.165, 1.54) is 32.1 Å². The van der Waals surface area contributed by atoms with Crippen molar-refractivity contribution in [2.45, 2.75) is 51.5 Å². The van der Waals surface area contributed by atoms with Crippen LogP contribution >= 0.6 is 0 Å². The van der Waals surface area contributed by atoms with E-state index in [1.807, 2.05) is 30.3 Å². The van der Waals surface area contributed by atoms with Gasteiger partial charge in [-0.05, 0) is 24.9 Å². The van der Waals surface area contributed by atoms with Gasteiger partial charge in [0.05, 0.1) is 6.54 Å². The van der Waals surface area contributed by atoms with E-state index in [0.717, 1.165) is 12.1 Å². The fraction of sp³-hybridized carbons (Fsp3) is 0.588. The molecule has 0 aliphatic heterocycles. The molecule has 1 aliphatic rings. The summed E-state index contributed by atoms with van der Waals surface area (Å²) in [4.78, 5) is 14.6. The largest absolute Gasteiger partial charge is 0.298 e. The highest BCUT2D eigenvalue weighted by molar-refractivity contribution is 5.82. The van der Waals surface area contributed by atoms with E-state index in [4.69, 9.17) is 0 Å². The predicted molar refractivity (Wildman–Crippen MR) is 79.3 cm³/mol. The third-order valence-electron chi connectivity index (χ3n) is 4.12. The molecule has 2 heteroatoms. The minimum absolute atomic E-state index is 0.346. The highest BCUT2D eigenvalue weighted by Crippen LogP contribution is 2.22. The number of carbonyl (C=O) groups excluding carboxylic acids is 1. The van der Waals surface area contributed by atoms with Crippen LogP contribution in [0.15, 0.2) is 30.3 Å². The maximum Gasteiger partial charge on any atom is 0.151 e. The molecule has 0 radical (unpaired) electrons. The predicted octanol–water partition coefficient (Wildman–Crippen LogP) is 3.45. The number of hydrogen-bond donors (Lipinski definition) is 0. The molecule has 0 bridgehead atoms. The van der Waals surface area contributed by atoms with Gasteiger partial charge in [-0.15, -0.1) is 0 Å². The van der Waals surface area contributed by atoms with Crippen LogP contribution in [0.3, 0.4) is 0 Å². The molecule has 0 unspecified atom stereocenters. The highest BCUT2D eigenvalue weighted by Gasteiger charge is 2.21. The van der Waals surface area contributed by atoms with Crippen LogP contribution in [0.4, 0.5) is 0 Å². The van der Waals surface area contributed by atoms with Gasteiger partial charge in [0.25, 0.3) is 0 Å². The number of Topliss-reactive ketones (excluding diaryl/α,β-unsaturated/α-hetero) is 1. The summed E-state index contributed by atoms with van der Waals surface area (Å²) in [6.45, 7) is 3.78. The molecule has 104 valence electrons. The van der Waals surface area contributed by atoms with E-state index in [2.05, 4.69) is 11.8 Å². The van der Waals surface area contributed by atoms with Crippen LogP contribution in [0, 0.1) is 0 Å². The van der Waals surface area contributed by atoms with Crippen molar-refractivity contribution in [2.75, 3.05) is 13.1 Å². The van der Waals surface area contributed by atoms with Gasteiger partial charge in [-0.1, -0.05) is 56.5 Å². The molecule has 1 fully saturated rings. The van der Waals surface area contributed by atoms with Gasteiger partial charge in [0.15, 0.2) is 5.78 Å². The van der Waals surface area contributed by atoms with Crippen molar-refractivity contribution >= 4 is 5.78 Å². The minimum Gasteiger partial charge on any atom is -0.298 e. The van der Waals surface area contributed by atoms with E-state index < -0.39 is 0 Å². The summed E-state index contributed by atoms with van der Waals surface area (Å²) < 4.78 is 0. The lowest BCUT2D eigenvalue weighted by Gasteiger charge is -2.33. The smallest absolute Gasteiger partial charge is 0.151 e. The second-order valence-electron chi connectivity index (χ2n) is 5.56. The molecule has 1 aromatic carbocycles. The summed E-state index contributed by atoms with van der Waals surface area (Å²) in [5, 5.41) is 0. The highest BCUT2D eigenvalue weighted by atomic mass is 16.1. The van der Waals surface area contributed by atoms with Gasteiger partial charge in [0, 0.05) is 12.5 Å². The maximum atomic E-state index is 12.2. The Kier molecular flexibility index (Phi) is 5.59. The Morgan fingerprint density at radius 1 is 1.16 bits per heavy atom. The van der Waals surface area contributed by atoms with Gasteiger partial charge in [0.2, 0.25) is 0 Å². The van der Waals surface area contributed by atoms with Crippen molar-refractivity contribution in [1.29, 1.82) is 0 Å². The molecular formula is C17H25NO. The van der Waals surface area contributed by atoms with Crippen molar-refractivity contribution in [3.05, 3.63) is 35.9 Å². The minimum atomic E-state index is 0.346. The van der Waals surface area contributed by atoms with Crippen molar-refractivity contribution in [1.82, 2.24) is 4.90 Å². The summed E-state index contributed by atoms with van der Waals surface area (Å²) >= 11 is 0. The van der Waals surface area contributed by atoms with Crippen LogP contribution in [0.1, 0.15) is 44.6 Å². The fourth-order valence-corrected chi connectivity index (χ4v) is 3.05. The number of carbonyl (C=O) groups is 1. The maximum absolute atomic E-state index is 12.2. The van der Waals surface area contributed by atoms with Gasteiger partial charge in [-0.2, -0.15) is 0 Å². The number of benzene rings is 1. The average molecular weight is 259 g/mol. The van der Waals surface area contributed by atoms with E-state index in [-0.39, 0.29) is 0 Å². The van der Waals surface area contributed by atoms with E-state index in [0.29, 0.717) is 24.8 Å². The molecule has 0 saturated heterocycles. The zero-order chi connectivity index (χ0) is 13.5. The summed E-state index contributed by atoms with van der Waals surface area (Å²) in [7, 11) is 0. The van der Waals surface area contributed by atoms with Crippen LogP contribution < -0.4 is 0 Å². The van der Waals surface area contributed by atoms with Gasteiger partial charge < -0.3 is 0 Å². The number of nitrogens with zero attached hydrogens (tertiary/aromatic N) is 1. The molecule has 1 saturated carbocycles. The normalized spacial score (nSPS) is 16.7. The lowest BCUT2D eigenvalue weighted by Crippen LogP contribution is -2.40.